The summed E-state index contributed by atoms with van der Waals surface area (Å²) >= 11 is 0. The molecule has 0 aromatic heterocycles. The fourth-order valence-corrected chi connectivity index (χ4v) is 4.89. The molecule has 0 unspecified atom stereocenters. The molecule has 2 atom stereocenters. The number of hydrogen-bond acceptors (Lipinski definition) is 7. The van der Waals surface area contributed by atoms with Gasteiger partial charge in [0.2, 0.25) is 0 Å². The van der Waals surface area contributed by atoms with E-state index in [1.54, 1.807) is 0 Å². The molecule has 2 aromatic carbocycles. The van der Waals surface area contributed by atoms with Crippen molar-refractivity contribution in [2.75, 3.05) is 63.3 Å². The average Bonchev–Trinajstić information content (AvgIpc) is 3.01. The molecule has 0 aliphatic carbocycles. The number of carbonyl (C=O) groups excluding carboxylic acids is 1. The van der Waals surface area contributed by atoms with E-state index in [2.05, 4.69) is 17.3 Å². The van der Waals surface area contributed by atoms with Crippen LogP contribution < -0.4 is 24.4 Å². The lowest BCUT2D eigenvalue weighted by atomic mass is 9.90. The van der Waals surface area contributed by atoms with E-state index >= 15 is 0 Å². The third-order valence-corrected chi connectivity index (χ3v) is 6.43. The molecule has 1 spiro atoms. The predicted octanol–water partition coefficient (Wildman–Crippen LogP) is 1.83. The van der Waals surface area contributed by atoms with E-state index in [-0.39, 0.29) is 18.6 Å². The molecule has 1 N–H and O–H groups in total. The van der Waals surface area contributed by atoms with Crippen molar-refractivity contribution in [1.29, 1.82) is 0 Å². The first-order chi connectivity index (χ1) is 15.1. The van der Waals surface area contributed by atoms with Gasteiger partial charge in [-0.2, -0.15) is 0 Å². The molecule has 0 radical (unpaired) electrons. The minimum Gasteiger partial charge on any atom is -0.488 e. The Morgan fingerprint density at radius 3 is 2.71 bits per heavy atom. The number of anilines is 2. The van der Waals surface area contributed by atoms with Crippen LogP contribution in [-0.2, 0) is 15.1 Å². The van der Waals surface area contributed by atoms with E-state index in [4.69, 9.17) is 18.9 Å². The molecule has 0 bridgehead atoms. The Kier molecular flexibility index (Phi) is 4.26. The predicted molar refractivity (Wildman–Crippen MR) is 114 cm³/mol. The standard InChI is InChI=1S/C23H25N3O5/c1-25-6-7-28-15(12-25)13-26-18-5-3-2-4-16(18)23(22(26)27)14-31-19-11-21-20(10-17(19)24-23)29-8-9-30-21/h2-5,10-11,15,24H,6-9,12-14H2,1H3/t15-,23+/m0/s1. The molecular formula is C23H25N3O5. The highest BCUT2D eigenvalue weighted by atomic mass is 16.6. The summed E-state index contributed by atoms with van der Waals surface area (Å²) in [7, 11) is 2.08. The number of para-hydroxylation sites is 1. The quantitative estimate of drug-likeness (QED) is 0.790. The summed E-state index contributed by atoms with van der Waals surface area (Å²) < 4.78 is 23.5. The minimum atomic E-state index is -0.978. The summed E-state index contributed by atoms with van der Waals surface area (Å²) in [6, 6.07) is 11.6. The highest BCUT2D eigenvalue weighted by molar-refractivity contribution is 6.10. The molecule has 4 aliphatic rings. The Bertz CT molecular complexity index is 1040. The number of likely N-dealkylation sites (N-methyl/N-ethyl adjacent to an activating group) is 1. The molecule has 4 aliphatic heterocycles. The molecule has 162 valence electrons. The van der Waals surface area contributed by atoms with Gasteiger partial charge >= 0.3 is 0 Å². The van der Waals surface area contributed by atoms with Crippen molar-refractivity contribution in [1.82, 2.24) is 4.90 Å². The van der Waals surface area contributed by atoms with Gasteiger partial charge < -0.3 is 34.1 Å². The smallest absolute Gasteiger partial charge is 0.261 e. The van der Waals surface area contributed by atoms with Gasteiger partial charge in [-0.05, 0) is 13.1 Å². The van der Waals surface area contributed by atoms with E-state index < -0.39 is 5.54 Å². The highest BCUT2D eigenvalue weighted by Crippen LogP contribution is 2.49. The first kappa shape index (κ1) is 18.8. The van der Waals surface area contributed by atoms with Gasteiger partial charge in [-0.25, -0.2) is 0 Å². The van der Waals surface area contributed by atoms with Gasteiger partial charge in [0.25, 0.3) is 5.91 Å². The van der Waals surface area contributed by atoms with Gasteiger partial charge in [-0.1, -0.05) is 18.2 Å². The third-order valence-electron chi connectivity index (χ3n) is 6.43. The second-order valence-electron chi connectivity index (χ2n) is 8.50. The van der Waals surface area contributed by atoms with Crippen LogP contribution in [0.4, 0.5) is 11.4 Å². The number of hydrogen-bond donors (Lipinski definition) is 1. The van der Waals surface area contributed by atoms with Crippen LogP contribution in [0.5, 0.6) is 17.2 Å². The maximum atomic E-state index is 13.9. The van der Waals surface area contributed by atoms with Crippen molar-refractivity contribution >= 4 is 17.3 Å². The molecule has 4 heterocycles. The normalized spacial score (nSPS) is 26.8. The van der Waals surface area contributed by atoms with Gasteiger partial charge in [-0.3, -0.25) is 4.79 Å². The van der Waals surface area contributed by atoms with Crippen LogP contribution >= 0.6 is 0 Å². The van der Waals surface area contributed by atoms with Crippen molar-refractivity contribution < 1.29 is 23.7 Å². The first-order valence-electron chi connectivity index (χ1n) is 10.7. The van der Waals surface area contributed by atoms with Gasteiger partial charge in [0.15, 0.2) is 17.0 Å². The number of nitrogens with zero attached hydrogens (tertiary/aromatic N) is 2. The molecule has 8 nitrogen and oxygen atoms in total. The molecule has 1 fully saturated rings. The molecule has 1 saturated heterocycles. The van der Waals surface area contributed by atoms with Crippen LogP contribution in [0, 0.1) is 0 Å². The zero-order valence-electron chi connectivity index (χ0n) is 17.4. The summed E-state index contributed by atoms with van der Waals surface area (Å²) in [5.74, 6) is 1.97. The lowest BCUT2D eigenvalue weighted by Gasteiger charge is -2.37. The summed E-state index contributed by atoms with van der Waals surface area (Å²) in [6.07, 6.45) is -0.0275. The molecule has 31 heavy (non-hydrogen) atoms. The van der Waals surface area contributed by atoms with E-state index in [0.717, 1.165) is 30.0 Å². The fourth-order valence-electron chi connectivity index (χ4n) is 4.89. The zero-order valence-corrected chi connectivity index (χ0v) is 17.4. The van der Waals surface area contributed by atoms with Gasteiger partial charge in [0.1, 0.15) is 25.6 Å². The lowest BCUT2D eigenvalue weighted by molar-refractivity contribution is -0.124. The Balaban J connectivity index is 1.35. The molecule has 2 aromatic rings. The number of rotatable bonds is 2. The third kappa shape index (κ3) is 2.93. The number of amides is 1. The summed E-state index contributed by atoms with van der Waals surface area (Å²) in [5.41, 5.74) is 1.58. The van der Waals surface area contributed by atoms with Crippen LogP contribution in [0.3, 0.4) is 0 Å². The first-order valence-corrected chi connectivity index (χ1v) is 10.7. The van der Waals surface area contributed by atoms with E-state index in [9.17, 15) is 4.79 Å². The molecule has 6 rings (SSSR count). The Labute approximate surface area is 180 Å². The molecule has 1 amide bonds. The lowest BCUT2D eigenvalue weighted by Crippen LogP contribution is -2.54. The fraction of sp³-hybridized carbons (Fsp3) is 0.435. The van der Waals surface area contributed by atoms with Crippen molar-refractivity contribution in [3.8, 4) is 17.2 Å². The van der Waals surface area contributed by atoms with Crippen molar-refractivity contribution in [3.63, 3.8) is 0 Å². The van der Waals surface area contributed by atoms with Crippen molar-refractivity contribution in [2.24, 2.45) is 0 Å². The zero-order chi connectivity index (χ0) is 21.0. The maximum Gasteiger partial charge on any atom is 0.261 e. The van der Waals surface area contributed by atoms with Gasteiger partial charge in [0.05, 0.1) is 30.6 Å². The largest absolute Gasteiger partial charge is 0.488 e. The number of benzene rings is 2. The number of nitrogens with one attached hydrogen (secondary N) is 1. The molecule has 8 heteroatoms. The summed E-state index contributed by atoms with van der Waals surface area (Å²) in [5, 5.41) is 3.50. The number of carbonyl (C=O) groups is 1. The van der Waals surface area contributed by atoms with Gasteiger partial charge in [-0.15, -0.1) is 0 Å². The van der Waals surface area contributed by atoms with Crippen LogP contribution in [-0.4, -0.2) is 70.0 Å². The summed E-state index contributed by atoms with van der Waals surface area (Å²) in [4.78, 5) is 17.9. The second-order valence-corrected chi connectivity index (χ2v) is 8.50. The monoisotopic (exact) mass is 423 g/mol. The van der Waals surface area contributed by atoms with E-state index in [1.807, 2.05) is 41.3 Å². The van der Waals surface area contributed by atoms with Crippen LogP contribution in [0.15, 0.2) is 36.4 Å². The van der Waals surface area contributed by atoms with Crippen molar-refractivity contribution in [2.45, 2.75) is 11.6 Å². The number of morpholine rings is 1. The Hall–Kier alpha value is -2.97. The summed E-state index contributed by atoms with van der Waals surface area (Å²) in [6.45, 7) is 4.13. The highest BCUT2D eigenvalue weighted by Gasteiger charge is 2.54. The molecular weight excluding hydrogens is 398 g/mol. The van der Waals surface area contributed by atoms with E-state index in [0.29, 0.717) is 43.6 Å². The second kappa shape index (κ2) is 7.03. The Morgan fingerprint density at radius 1 is 1.06 bits per heavy atom. The minimum absolute atomic E-state index is 0.0222. The SMILES string of the molecule is CN1CCO[C@H](CN2C(=O)[C@@]3(COc4cc5c(cc4N3)OCCO5)c3ccccc32)C1. The van der Waals surface area contributed by atoms with E-state index in [1.165, 1.54) is 0 Å². The van der Waals surface area contributed by atoms with Crippen LogP contribution in [0.2, 0.25) is 0 Å². The van der Waals surface area contributed by atoms with Crippen molar-refractivity contribution in [3.05, 3.63) is 42.0 Å². The van der Waals surface area contributed by atoms with Gasteiger partial charge in [0, 0.05) is 30.8 Å². The Morgan fingerprint density at radius 2 is 1.87 bits per heavy atom. The maximum absolute atomic E-state index is 13.9. The average molecular weight is 423 g/mol. The topological polar surface area (TPSA) is 72.5 Å². The number of ether oxygens (including phenoxy) is 4. The van der Waals surface area contributed by atoms with Crippen LogP contribution in [0.25, 0.3) is 0 Å². The van der Waals surface area contributed by atoms with Crippen LogP contribution in [0.1, 0.15) is 5.56 Å². The number of fused-ring (bicyclic) bond motifs is 4. The molecule has 0 saturated carbocycles.